The lowest BCUT2D eigenvalue weighted by atomic mass is 9.82. The number of likely N-dealkylation sites (N-methyl/N-ethyl adjacent to an activating group) is 2. The van der Waals surface area contributed by atoms with E-state index in [1.165, 1.54) is 6.92 Å². The van der Waals surface area contributed by atoms with Gasteiger partial charge in [0.25, 0.3) is 0 Å². The molecule has 3 aliphatic rings. The number of fused-ring (bicyclic) bond motifs is 2. The molecule has 2 bridgehead atoms. The molecule has 510 valence electrons. The summed E-state index contributed by atoms with van der Waals surface area (Å²) in [6, 6.07) is 5.68. The number of allylic oxidation sites excluding steroid dienone is 12. The molecular weight excluding hydrogens is 1180 g/mol. The van der Waals surface area contributed by atoms with Crippen LogP contribution in [0.5, 0.6) is 0 Å². The lowest BCUT2D eigenvalue weighted by Gasteiger charge is -2.46. The normalized spacial score (nSPS) is 34.9. The number of ether oxygens (including phenoxy) is 4. The molecule has 0 spiro atoms. The summed E-state index contributed by atoms with van der Waals surface area (Å²) >= 11 is 0. The van der Waals surface area contributed by atoms with Crippen molar-refractivity contribution in [3.8, 4) is 0 Å². The first-order valence-electron chi connectivity index (χ1n) is 31.5. The number of Topliss-reactive ketones (excluding diaryl/α,β-unsaturated/α-hetero) is 2. The number of hydrogen-bond donors (Lipinski definition) is 13. The van der Waals surface area contributed by atoms with Crippen LogP contribution >= 0.6 is 0 Å². The fourth-order valence-corrected chi connectivity index (χ4v) is 11.3. The molecule has 3 aliphatic heterocycles. The van der Waals surface area contributed by atoms with Crippen LogP contribution in [-0.2, 0) is 38.1 Å². The van der Waals surface area contributed by atoms with Gasteiger partial charge in [0.1, 0.15) is 24.1 Å². The highest BCUT2D eigenvalue weighted by Crippen LogP contribution is 2.38. The zero-order valence-corrected chi connectivity index (χ0v) is 53.9. The third-order valence-electron chi connectivity index (χ3n) is 16.0. The van der Waals surface area contributed by atoms with Crippen molar-refractivity contribution in [3.05, 3.63) is 115 Å². The molecule has 2 fully saturated rings. The molecule has 1 aromatic rings. The van der Waals surface area contributed by atoms with Crippen molar-refractivity contribution >= 4 is 35.0 Å². The van der Waals surface area contributed by atoms with E-state index in [9.17, 15) is 75.0 Å². The fourth-order valence-electron chi connectivity index (χ4n) is 11.3. The van der Waals surface area contributed by atoms with E-state index in [1.807, 2.05) is 38.9 Å². The first-order valence-corrected chi connectivity index (χ1v) is 31.5. The van der Waals surface area contributed by atoms with Gasteiger partial charge in [-0.1, -0.05) is 98.9 Å². The number of nitrogens with one attached hydrogen (secondary N) is 3. The number of aliphatic hydroxyl groups is 10. The average Bonchev–Trinajstić information content (AvgIpc) is 0.818. The first-order chi connectivity index (χ1) is 43.1. The molecule has 2 amide bonds. The van der Waals surface area contributed by atoms with Gasteiger partial charge in [-0.25, -0.2) is 0 Å². The van der Waals surface area contributed by atoms with Crippen molar-refractivity contribution < 1.29 is 94.0 Å². The SMILES string of the molecule is CNc1ccc(C(=O)CC(O)CC[C@H](C)[C@H]2OC(=O)C[C@H](O)CC(=O)C[C@H](O)C[C@H](O)C[C@H](O)C[C@H](O)C[C@]3(O)C[C@H](O)[C@@H](C(=O)NCCN(C)C)C(C[C@@H](O[C@@H]4O[C@H](C)[C@@H](O)[C@H](NC(=O)CN(C)C)[C@@H]4O)/C=C/C=C/C=C/C=C/C=C/C=C/C=C/[C@@H]2C)O3)cc1. The van der Waals surface area contributed by atoms with Crippen LogP contribution in [0.25, 0.3) is 0 Å². The Morgan fingerprint density at radius 3 is 1.87 bits per heavy atom. The van der Waals surface area contributed by atoms with E-state index in [0.717, 1.165) is 5.69 Å². The molecule has 0 saturated carbocycles. The van der Waals surface area contributed by atoms with Crippen LogP contribution in [0.4, 0.5) is 5.69 Å². The highest BCUT2D eigenvalue weighted by Gasteiger charge is 2.51. The van der Waals surface area contributed by atoms with E-state index in [0.29, 0.717) is 18.5 Å². The molecule has 0 aliphatic carbocycles. The van der Waals surface area contributed by atoms with E-state index < -0.39 is 178 Å². The highest BCUT2D eigenvalue weighted by atomic mass is 16.7. The Balaban J connectivity index is 1.62. The Bertz CT molecular complexity index is 2610. The van der Waals surface area contributed by atoms with Crippen LogP contribution in [-0.4, -0.2) is 243 Å². The van der Waals surface area contributed by atoms with Gasteiger partial charge in [0.05, 0.1) is 86.0 Å². The minimum atomic E-state index is -2.32. The predicted octanol–water partition coefficient (Wildman–Crippen LogP) is 2.06. The van der Waals surface area contributed by atoms with Crippen molar-refractivity contribution in [2.45, 2.75) is 195 Å². The summed E-state index contributed by atoms with van der Waals surface area (Å²) in [5.74, 6) is -7.10. The number of carbonyl (C=O) groups is 5. The Kier molecular flexibility index (Phi) is 34.0. The Morgan fingerprint density at radius 1 is 0.703 bits per heavy atom. The molecule has 4 rings (SSSR count). The number of nitrogens with zero attached hydrogens (tertiary/aromatic N) is 2. The maximum absolute atomic E-state index is 14.0. The van der Waals surface area contributed by atoms with Gasteiger partial charge in [-0.3, -0.25) is 24.0 Å². The number of amides is 2. The summed E-state index contributed by atoms with van der Waals surface area (Å²) in [5.41, 5.74) is 1.30. The molecule has 2 unspecified atom stereocenters. The largest absolute Gasteiger partial charge is 0.461 e. The van der Waals surface area contributed by atoms with Gasteiger partial charge >= 0.3 is 5.97 Å². The van der Waals surface area contributed by atoms with Gasteiger partial charge in [0.2, 0.25) is 11.8 Å². The van der Waals surface area contributed by atoms with Crippen molar-refractivity contribution in [2.75, 3.05) is 60.2 Å². The van der Waals surface area contributed by atoms with Crippen LogP contribution in [0.3, 0.4) is 0 Å². The standard InChI is InChI=1S/C67H103N5O19/c1-42-21-19-17-15-13-11-9-10-12-14-16-18-20-22-54(89-66-63(85)61(62(84)44(3)88-66)70-58(82)41-72(7)8)38-57-60(65(86)69-29-30-71(5)6)56(81)40-67(87,91-57)39-53(79)35-51(77)33-49(75)31-48(74)32-50(76)34-52(78)37-59(83)90-64(42)43(2)23-28-47(73)36-55(80)45-24-26-46(68-4)27-25-45/h9-22,24-27,42-44,47-49,51-54,56-57,60-64,66,68,73-75,77-79,81,84-85,87H,23,28-41H2,1-8H3,(H,69,86)(H,70,82)/b10-9+,13-11+,14-12+,17-15+,18-16+,21-19+,22-20+/t42-,43-,44+,47?,48+,49-,51-,52+,53-,54-,56-,57?,60+,61-,62+,63-,64-,66-,67+/m0/s1. The second kappa shape index (κ2) is 39.8. The molecule has 13 N–H and O–H groups in total. The maximum Gasteiger partial charge on any atom is 0.308 e. The van der Waals surface area contributed by atoms with Crippen molar-refractivity contribution in [1.82, 2.24) is 20.4 Å². The second-order valence-corrected chi connectivity index (χ2v) is 24.9. The second-order valence-electron chi connectivity index (χ2n) is 24.9. The zero-order chi connectivity index (χ0) is 67.4. The molecule has 0 aromatic heterocycles. The lowest BCUT2D eigenvalue weighted by molar-refractivity contribution is -0.307. The quantitative estimate of drug-likeness (QED) is 0.0784. The fraction of sp³-hybridized carbons (Fsp3) is 0.627. The summed E-state index contributed by atoms with van der Waals surface area (Å²) in [7, 11) is 8.75. The van der Waals surface area contributed by atoms with E-state index in [1.54, 1.807) is 129 Å². The molecule has 24 nitrogen and oxygen atoms in total. The molecule has 1 aromatic carbocycles. The Hall–Kier alpha value is -5.65. The van der Waals surface area contributed by atoms with Gasteiger partial charge in [0, 0.05) is 75.8 Å². The number of benzene rings is 1. The lowest BCUT2D eigenvalue weighted by Crippen LogP contribution is -2.64. The van der Waals surface area contributed by atoms with Crippen LogP contribution in [0.2, 0.25) is 0 Å². The molecule has 24 heteroatoms. The monoisotopic (exact) mass is 1280 g/mol. The number of aliphatic hydroxyl groups excluding tert-OH is 9. The minimum Gasteiger partial charge on any atom is -0.461 e. The summed E-state index contributed by atoms with van der Waals surface area (Å²) in [5, 5.41) is 121. The van der Waals surface area contributed by atoms with Crippen molar-refractivity contribution in [2.24, 2.45) is 17.8 Å². The maximum atomic E-state index is 14.0. The van der Waals surface area contributed by atoms with E-state index in [-0.39, 0.29) is 50.0 Å². The van der Waals surface area contributed by atoms with Crippen LogP contribution in [0.1, 0.15) is 108 Å². The van der Waals surface area contributed by atoms with E-state index >= 15 is 0 Å². The smallest absolute Gasteiger partial charge is 0.308 e. The molecule has 3 heterocycles. The van der Waals surface area contributed by atoms with Crippen molar-refractivity contribution in [3.63, 3.8) is 0 Å². The number of esters is 1. The summed E-state index contributed by atoms with van der Waals surface area (Å²) in [4.78, 5) is 69.8. The van der Waals surface area contributed by atoms with Crippen LogP contribution in [0, 0.1) is 17.8 Å². The van der Waals surface area contributed by atoms with Gasteiger partial charge in [-0.15, -0.1) is 0 Å². The predicted molar refractivity (Wildman–Crippen MR) is 342 cm³/mol. The van der Waals surface area contributed by atoms with E-state index in [4.69, 9.17) is 18.9 Å². The highest BCUT2D eigenvalue weighted by molar-refractivity contribution is 5.96. The summed E-state index contributed by atoms with van der Waals surface area (Å²) in [6.07, 6.45) is 2.19. The summed E-state index contributed by atoms with van der Waals surface area (Å²) in [6.45, 7) is 5.81. The number of ketones is 2. The zero-order valence-electron chi connectivity index (χ0n) is 53.9. The molecular formula is C67H103N5O19. The Labute approximate surface area is 535 Å². The van der Waals surface area contributed by atoms with Gasteiger partial charge in [-0.05, 0) is 97.4 Å². The molecule has 2 saturated heterocycles. The molecule has 91 heavy (non-hydrogen) atoms. The van der Waals surface area contributed by atoms with Crippen LogP contribution in [0.15, 0.2) is 109 Å². The summed E-state index contributed by atoms with van der Waals surface area (Å²) < 4.78 is 24.6. The number of anilines is 1. The van der Waals surface area contributed by atoms with Gasteiger partial charge in [-0.2, -0.15) is 0 Å². The number of cyclic esters (lactones) is 1. The number of carbonyl (C=O) groups excluding carboxylic acids is 5. The minimum absolute atomic E-state index is 0.0513. The third kappa shape index (κ3) is 28.6. The Morgan fingerprint density at radius 2 is 1.27 bits per heavy atom. The molecule has 0 radical (unpaired) electrons. The third-order valence-corrected chi connectivity index (χ3v) is 16.0. The van der Waals surface area contributed by atoms with E-state index in [2.05, 4.69) is 16.0 Å². The number of rotatable bonds is 17. The van der Waals surface area contributed by atoms with Crippen LogP contribution < -0.4 is 16.0 Å². The topological polar surface area (TPSA) is 367 Å². The first kappa shape index (κ1) is 77.8. The average molecular weight is 1280 g/mol. The van der Waals surface area contributed by atoms with Crippen molar-refractivity contribution in [1.29, 1.82) is 0 Å². The number of hydrogen-bond acceptors (Lipinski definition) is 22. The van der Waals surface area contributed by atoms with Gasteiger partial charge < -0.3 is 95.8 Å². The molecule has 19 atom stereocenters. The van der Waals surface area contributed by atoms with Gasteiger partial charge in [0.15, 0.2) is 17.9 Å².